The third-order valence-corrected chi connectivity index (χ3v) is 13.8. The highest BCUT2D eigenvalue weighted by Crippen LogP contribution is 2.56. The van der Waals surface area contributed by atoms with Crippen molar-refractivity contribution in [2.24, 2.45) is 35.5 Å². The van der Waals surface area contributed by atoms with E-state index in [1.54, 1.807) is 16.4 Å². The zero-order valence-electron chi connectivity index (χ0n) is 28.4. The van der Waals surface area contributed by atoms with E-state index in [9.17, 15) is 14.4 Å². The van der Waals surface area contributed by atoms with Gasteiger partial charge in [-0.25, -0.2) is 0 Å². The maximum atomic E-state index is 13.7. The smallest absolute Gasteiger partial charge is 0.320 e. The third-order valence-electron chi connectivity index (χ3n) is 12.9. The molecule has 3 aromatic rings. The van der Waals surface area contributed by atoms with E-state index in [0.717, 1.165) is 89.1 Å². The van der Waals surface area contributed by atoms with Gasteiger partial charge in [-0.15, -0.1) is 0 Å². The molecule has 6 atom stereocenters. The first-order valence-corrected chi connectivity index (χ1v) is 19.0. The third kappa shape index (κ3) is 5.55. The predicted octanol–water partition coefficient (Wildman–Crippen LogP) is 6.25. The van der Waals surface area contributed by atoms with Gasteiger partial charge in [0.2, 0.25) is 18.5 Å². The molecule has 3 heterocycles. The van der Waals surface area contributed by atoms with Crippen LogP contribution in [0.1, 0.15) is 64.4 Å². The Morgan fingerprint density at radius 2 is 1.54 bits per heavy atom. The van der Waals surface area contributed by atoms with Crippen molar-refractivity contribution in [1.29, 1.82) is 0 Å². The number of quaternary nitrogens is 1. The maximum absolute atomic E-state index is 13.7. The highest BCUT2D eigenvalue weighted by molar-refractivity contribution is 7.13. The summed E-state index contributed by atoms with van der Waals surface area (Å²) in [6.07, 6.45) is 7.72. The zero-order chi connectivity index (χ0) is 33.0. The maximum Gasteiger partial charge on any atom is 0.320 e. The Morgan fingerprint density at radius 1 is 0.896 bits per heavy atom. The molecule has 2 aromatic carbocycles. The summed E-state index contributed by atoms with van der Waals surface area (Å²) in [6.45, 7) is 9.05. The first-order valence-electron chi connectivity index (χ1n) is 18.3. The van der Waals surface area contributed by atoms with Crippen LogP contribution in [0.3, 0.4) is 0 Å². The van der Waals surface area contributed by atoms with E-state index in [-0.39, 0.29) is 35.5 Å². The van der Waals surface area contributed by atoms with Crippen LogP contribution in [0.5, 0.6) is 0 Å². The van der Waals surface area contributed by atoms with Crippen molar-refractivity contribution < 1.29 is 23.6 Å². The molecule has 3 aliphatic carbocycles. The second-order valence-corrected chi connectivity index (χ2v) is 16.8. The molecule has 48 heavy (non-hydrogen) atoms. The van der Waals surface area contributed by atoms with Crippen LogP contribution in [0, 0.1) is 35.5 Å². The standard InChI is InChI=1S/C39H49N4O4S/c1-39(2,30-12-4-3-5-13-30)38(46)47-25-43(20-18-41(19-21-43)35-31-14-8-9-15-32(31)48-40-35)24-29-11-7-6-10-28(29)23-42-36(44)33-26-16-17-27(22-26)34(33)37(42)45/h3-5,8-9,12-15,26-29,33-34H,6-7,10-11,16-25H2,1-2H3/q+1. The molecule has 8 rings (SSSR count). The lowest BCUT2D eigenvalue weighted by molar-refractivity contribution is -0.947. The fraction of sp³-hybridized carbons (Fsp3) is 0.590. The Morgan fingerprint density at radius 3 is 2.25 bits per heavy atom. The van der Waals surface area contributed by atoms with E-state index >= 15 is 0 Å². The first-order chi connectivity index (χ1) is 23.2. The van der Waals surface area contributed by atoms with Crippen LogP contribution < -0.4 is 4.90 Å². The summed E-state index contributed by atoms with van der Waals surface area (Å²) in [4.78, 5) is 45.2. The van der Waals surface area contributed by atoms with Gasteiger partial charge >= 0.3 is 5.97 Å². The Bertz CT molecular complexity index is 1650. The number of amides is 2. The number of nitrogens with zero attached hydrogens (tertiary/aromatic N) is 4. The number of carbonyl (C=O) groups excluding carboxylic acids is 3. The number of rotatable bonds is 9. The number of benzene rings is 2. The number of hydrogen-bond donors (Lipinski definition) is 0. The summed E-state index contributed by atoms with van der Waals surface area (Å²) in [6, 6.07) is 18.3. The van der Waals surface area contributed by atoms with Gasteiger partial charge in [-0.05, 0) is 92.9 Å². The highest BCUT2D eigenvalue weighted by Gasteiger charge is 2.61. The number of likely N-dealkylation sites (tertiary alicyclic amines) is 1. The number of carbonyl (C=O) groups is 3. The number of imide groups is 1. The molecule has 3 saturated carbocycles. The van der Waals surface area contributed by atoms with Crippen LogP contribution in [0.2, 0.25) is 0 Å². The normalized spacial score (nSPS) is 29.9. The van der Waals surface area contributed by atoms with Gasteiger partial charge in [-0.2, -0.15) is 4.37 Å². The summed E-state index contributed by atoms with van der Waals surface area (Å²) in [5, 5.41) is 1.20. The minimum atomic E-state index is -0.756. The number of anilines is 1. The van der Waals surface area contributed by atoms with Gasteiger partial charge in [-0.1, -0.05) is 55.3 Å². The zero-order valence-corrected chi connectivity index (χ0v) is 29.2. The van der Waals surface area contributed by atoms with E-state index in [2.05, 4.69) is 29.2 Å². The van der Waals surface area contributed by atoms with Crippen molar-refractivity contribution in [1.82, 2.24) is 9.27 Å². The number of esters is 1. The molecule has 0 N–H and O–H groups in total. The summed E-state index contributed by atoms with van der Waals surface area (Å²) >= 11 is 1.55. The van der Waals surface area contributed by atoms with E-state index in [4.69, 9.17) is 9.11 Å². The highest BCUT2D eigenvalue weighted by atomic mass is 32.1. The largest absolute Gasteiger partial charge is 0.414 e. The van der Waals surface area contributed by atoms with E-state index in [0.29, 0.717) is 35.5 Å². The topological polar surface area (TPSA) is 79.8 Å². The van der Waals surface area contributed by atoms with Crippen LogP contribution in [0.4, 0.5) is 5.82 Å². The summed E-state index contributed by atoms with van der Waals surface area (Å²) in [5.74, 6) is 2.46. The molecular formula is C39H49N4O4S+. The molecule has 5 fully saturated rings. The van der Waals surface area contributed by atoms with Gasteiger partial charge in [-0.3, -0.25) is 23.8 Å². The van der Waals surface area contributed by atoms with Crippen molar-refractivity contribution >= 4 is 45.2 Å². The lowest BCUT2D eigenvalue weighted by Crippen LogP contribution is -2.63. The van der Waals surface area contributed by atoms with Gasteiger partial charge < -0.3 is 9.64 Å². The minimum absolute atomic E-state index is 0.0566. The van der Waals surface area contributed by atoms with Crippen LogP contribution in [-0.4, -0.2) is 77.5 Å². The van der Waals surface area contributed by atoms with Crippen LogP contribution in [0.15, 0.2) is 54.6 Å². The van der Waals surface area contributed by atoms with E-state index < -0.39 is 5.41 Å². The molecule has 254 valence electrons. The summed E-state index contributed by atoms with van der Waals surface area (Å²) < 4.78 is 13.1. The Kier molecular flexibility index (Phi) is 8.35. The quantitative estimate of drug-likeness (QED) is 0.152. The van der Waals surface area contributed by atoms with E-state index in [1.807, 2.05) is 44.2 Å². The lowest BCUT2D eigenvalue weighted by Gasteiger charge is -2.47. The average Bonchev–Trinajstić information content (AvgIpc) is 3.90. The van der Waals surface area contributed by atoms with Crippen molar-refractivity contribution in [3.8, 4) is 0 Å². The van der Waals surface area contributed by atoms with Crippen molar-refractivity contribution in [3.05, 3.63) is 60.2 Å². The Hall–Kier alpha value is -3.30. The van der Waals surface area contributed by atoms with E-state index in [1.165, 1.54) is 10.1 Å². The van der Waals surface area contributed by atoms with Crippen LogP contribution >= 0.6 is 11.5 Å². The predicted molar refractivity (Wildman–Crippen MR) is 187 cm³/mol. The monoisotopic (exact) mass is 669 g/mol. The fourth-order valence-electron chi connectivity index (χ4n) is 10.1. The van der Waals surface area contributed by atoms with Gasteiger partial charge in [0, 0.05) is 17.8 Å². The number of aromatic nitrogens is 1. The summed E-state index contributed by atoms with van der Waals surface area (Å²) in [7, 11) is 0. The number of fused-ring (bicyclic) bond motifs is 6. The molecule has 8 nitrogen and oxygen atoms in total. The number of hydrogen-bond acceptors (Lipinski definition) is 7. The molecule has 0 radical (unpaired) electrons. The molecule has 2 aliphatic heterocycles. The molecule has 6 unspecified atom stereocenters. The second-order valence-electron chi connectivity index (χ2n) is 16.0. The fourth-order valence-corrected chi connectivity index (χ4v) is 10.9. The molecular weight excluding hydrogens is 621 g/mol. The number of ether oxygens (including phenoxy) is 1. The lowest BCUT2D eigenvalue weighted by atomic mass is 9.78. The molecule has 1 aromatic heterocycles. The minimum Gasteiger partial charge on any atom is -0.414 e. The number of piperazine rings is 1. The van der Waals surface area contributed by atoms with Gasteiger partial charge in [0.1, 0.15) is 0 Å². The first kappa shape index (κ1) is 31.9. The van der Waals surface area contributed by atoms with Crippen molar-refractivity contribution in [2.45, 2.75) is 64.2 Å². The SMILES string of the molecule is CC(C)(C(=O)OC[N+]1(CC2CCCCC2CN2C(=O)C3C4CCC(C4)C3C2=O)CCN(c2nsc3ccccc23)CC1)c1ccccc1. The molecule has 0 spiro atoms. The Labute approximate surface area is 288 Å². The van der Waals surface area contributed by atoms with Gasteiger partial charge in [0.25, 0.3) is 0 Å². The molecule has 9 heteroatoms. The molecule has 2 saturated heterocycles. The van der Waals surface area contributed by atoms with Crippen molar-refractivity contribution in [2.75, 3.05) is 50.9 Å². The van der Waals surface area contributed by atoms with Gasteiger partial charge in [0.15, 0.2) is 5.82 Å². The van der Waals surface area contributed by atoms with Gasteiger partial charge in [0.05, 0.1) is 54.7 Å². The molecule has 2 amide bonds. The average molecular weight is 670 g/mol. The molecule has 2 bridgehead atoms. The Balaban J connectivity index is 1.01. The van der Waals surface area contributed by atoms with Crippen LogP contribution in [-0.2, 0) is 24.5 Å². The molecule has 5 aliphatic rings. The summed E-state index contributed by atoms with van der Waals surface area (Å²) in [5.41, 5.74) is 0.195. The second kappa shape index (κ2) is 12.5. The van der Waals surface area contributed by atoms with Crippen molar-refractivity contribution in [3.63, 3.8) is 0 Å². The van der Waals surface area contributed by atoms with Crippen LogP contribution in [0.25, 0.3) is 10.1 Å².